The quantitative estimate of drug-likeness (QED) is 0.0945. The molecule has 0 saturated carbocycles. The van der Waals surface area contributed by atoms with Crippen molar-refractivity contribution in [3.63, 3.8) is 0 Å². The Morgan fingerprint density at radius 1 is 0.361 bits per heavy atom. The monoisotopic (exact) mass is 552 g/mol. The van der Waals surface area contributed by atoms with E-state index < -0.39 is 17.6 Å². The molecule has 0 rings (SSSR count). The first-order valence-corrected chi connectivity index (χ1v) is 18.7. The number of rotatable bonds is 29. The summed E-state index contributed by atoms with van der Waals surface area (Å²) in [6.07, 6.45) is 9.80. The number of hydrogen-bond donors (Lipinski definition) is 2. The van der Waals surface area contributed by atoms with Gasteiger partial charge in [-0.2, -0.15) is 0 Å². The summed E-state index contributed by atoms with van der Waals surface area (Å²) in [7, 11) is -4.96. The smallest absolute Gasteiger partial charge is 0.374 e. The maximum atomic E-state index is 5.92. The number of hydrogen-bond acceptors (Lipinski definition) is 8. The van der Waals surface area contributed by atoms with Crippen molar-refractivity contribution in [1.29, 1.82) is 0 Å². The van der Waals surface area contributed by atoms with Crippen LogP contribution in [-0.2, 0) is 26.6 Å². The Kier molecular flexibility index (Phi) is 25.5. The Hall–Kier alpha value is 0.114. The van der Waals surface area contributed by atoms with Crippen LogP contribution in [0.2, 0.25) is 12.1 Å². The molecule has 0 aliphatic heterocycles. The van der Waals surface area contributed by atoms with Gasteiger partial charge in [-0.25, -0.2) is 0 Å². The van der Waals surface area contributed by atoms with Crippen molar-refractivity contribution in [2.45, 2.75) is 105 Å². The van der Waals surface area contributed by atoms with E-state index in [2.05, 4.69) is 10.6 Å². The molecular weight excluding hydrogens is 492 g/mol. The van der Waals surface area contributed by atoms with Crippen molar-refractivity contribution in [2.24, 2.45) is 0 Å². The Balaban J connectivity index is 3.66. The van der Waals surface area contributed by atoms with Gasteiger partial charge in [0.1, 0.15) is 0 Å². The fourth-order valence-electron chi connectivity index (χ4n) is 4.32. The van der Waals surface area contributed by atoms with Gasteiger partial charge in [-0.3, -0.25) is 0 Å². The molecule has 0 aromatic carbocycles. The van der Waals surface area contributed by atoms with Crippen molar-refractivity contribution in [3.05, 3.63) is 0 Å². The third-order valence-electron chi connectivity index (χ3n) is 5.82. The van der Waals surface area contributed by atoms with Crippen LogP contribution in [0.1, 0.15) is 92.9 Å². The summed E-state index contributed by atoms with van der Waals surface area (Å²) >= 11 is 0. The fraction of sp³-hybridized carbons (Fsp3) is 1.00. The molecule has 218 valence electrons. The van der Waals surface area contributed by atoms with Gasteiger partial charge in [-0.15, -0.1) is 0 Å². The van der Waals surface area contributed by atoms with Gasteiger partial charge >= 0.3 is 17.6 Å². The van der Waals surface area contributed by atoms with Gasteiger partial charge < -0.3 is 37.2 Å². The molecular formula is C26H60N2O6Si2. The molecule has 0 heterocycles. The minimum atomic E-state index is -2.48. The van der Waals surface area contributed by atoms with Crippen molar-refractivity contribution >= 4 is 17.6 Å². The first-order valence-electron chi connectivity index (χ1n) is 14.8. The van der Waals surface area contributed by atoms with Crippen LogP contribution in [-0.4, -0.2) is 83.4 Å². The fourth-order valence-corrected chi connectivity index (χ4v) is 9.54. The van der Waals surface area contributed by atoms with Crippen LogP contribution in [0.5, 0.6) is 0 Å². The average molecular weight is 553 g/mol. The summed E-state index contributed by atoms with van der Waals surface area (Å²) < 4.78 is 35.5. The van der Waals surface area contributed by atoms with Crippen molar-refractivity contribution in [3.8, 4) is 0 Å². The van der Waals surface area contributed by atoms with Gasteiger partial charge in [-0.05, 0) is 93.4 Å². The van der Waals surface area contributed by atoms with E-state index in [4.69, 9.17) is 26.6 Å². The van der Waals surface area contributed by atoms with E-state index in [1.807, 2.05) is 41.5 Å². The summed E-state index contributed by atoms with van der Waals surface area (Å²) in [5.41, 5.74) is 0. The third-order valence-corrected chi connectivity index (χ3v) is 12.1. The SMILES string of the molecule is CCO[Si](CCCNCCCCCCCCNCCC[Si](OCC)(OCC)OCC)(OCC)OCC. The van der Waals surface area contributed by atoms with Crippen molar-refractivity contribution in [2.75, 3.05) is 65.8 Å². The van der Waals surface area contributed by atoms with Crippen molar-refractivity contribution in [1.82, 2.24) is 10.6 Å². The van der Waals surface area contributed by atoms with Gasteiger partial charge in [-0.1, -0.05) is 25.7 Å². The lowest BCUT2D eigenvalue weighted by Gasteiger charge is -2.28. The molecule has 0 saturated heterocycles. The Morgan fingerprint density at radius 2 is 0.611 bits per heavy atom. The molecule has 0 aliphatic rings. The van der Waals surface area contributed by atoms with Crippen LogP contribution in [0.15, 0.2) is 0 Å². The zero-order chi connectivity index (χ0) is 26.8. The van der Waals surface area contributed by atoms with Crippen LogP contribution in [0.3, 0.4) is 0 Å². The normalized spacial score (nSPS) is 12.5. The van der Waals surface area contributed by atoms with E-state index in [9.17, 15) is 0 Å². The van der Waals surface area contributed by atoms with E-state index in [0.29, 0.717) is 39.6 Å². The lowest BCUT2D eigenvalue weighted by atomic mass is 10.1. The second-order valence-corrected chi connectivity index (χ2v) is 14.3. The number of unbranched alkanes of at least 4 members (excludes halogenated alkanes) is 5. The first kappa shape index (κ1) is 36.1. The zero-order valence-electron chi connectivity index (χ0n) is 24.6. The maximum absolute atomic E-state index is 5.92. The summed E-state index contributed by atoms with van der Waals surface area (Å²) in [4.78, 5) is 0. The predicted molar refractivity (Wildman–Crippen MR) is 154 cm³/mol. The molecule has 10 heteroatoms. The van der Waals surface area contributed by atoms with Crippen molar-refractivity contribution < 1.29 is 26.6 Å². The van der Waals surface area contributed by atoms with Crippen LogP contribution in [0.4, 0.5) is 0 Å². The largest absolute Gasteiger partial charge is 0.500 e. The summed E-state index contributed by atoms with van der Waals surface area (Å²) in [5, 5.41) is 7.14. The minimum absolute atomic E-state index is 0.648. The molecule has 0 atom stereocenters. The molecule has 36 heavy (non-hydrogen) atoms. The highest BCUT2D eigenvalue weighted by molar-refractivity contribution is 6.61. The highest BCUT2D eigenvalue weighted by Gasteiger charge is 2.40. The zero-order valence-corrected chi connectivity index (χ0v) is 26.6. The van der Waals surface area contributed by atoms with E-state index in [-0.39, 0.29) is 0 Å². The Bertz CT molecular complexity index is 392. The van der Waals surface area contributed by atoms with Gasteiger partial charge in [0.05, 0.1) is 0 Å². The first-order chi connectivity index (χ1) is 17.6. The molecule has 0 aromatic heterocycles. The number of nitrogens with one attached hydrogen (secondary N) is 2. The van der Waals surface area contributed by atoms with Gasteiger partial charge in [0.25, 0.3) is 0 Å². The van der Waals surface area contributed by atoms with E-state index in [1.54, 1.807) is 0 Å². The Morgan fingerprint density at radius 3 is 0.889 bits per heavy atom. The van der Waals surface area contributed by atoms with Crippen LogP contribution in [0.25, 0.3) is 0 Å². The van der Waals surface area contributed by atoms with E-state index in [0.717, 1.165) is 51.1 Å². The van der Waals surface area contributed by atoms with Crippen LogP contribution >= 0.6 is 0 Å². The molecule has 8 nitrogen and oxygen atoms in total. The van der Waals surface area contributed by atoms with E-state index in [1.165, 1.54) is 38.5 Å². The predicted octanol–water partition coefficient (Wildman–Crippen LogP) is 5.38. The minimum Gasteiger partial charge on any atom is -0.374 e. The lowest BCUT2D eigenvalue weighted by Crippen LogP contribution is -2.46. The summed E-state index contributed by atoms with van der Waals surface area (Å²) in [6.45, 7) is 20.1. The Labute approximate surface area is 225 Å². The van der Waals surface area contributed by atoms with Gasteiger partial charge in [0.15, 0.2) is 0 Å². The summed E-state index contributed by atoms with van der Waals surface area (Å²) in [5.74, 6) is 0. The molecule has 0 unspecified atom stereocenters. The molecule has 0 aromatic rings. The molecule has 0 fully saturated rings. The van der Waals surface area contributed by atoms with Crippen LogP contribution < -0.4 is 10.6 Å². The molecule has 0 bridgehead atoms. The highest BCUT2D eigenvalue weighted by Crippen LogP contribution is 2.19. The van der Waals surface area contributed by atoms with E-state index >= 15 is 0 Å². The topological polar surface area (TPSA) is 79.4 Å². The summed E-state index contributed by atoms with van der Waals surface area (Å²) in [6, 6.07) is 1.77. The average Bonchev–Trinajstić information content (AvgIpc) is 2.85. The standard InChI is InChI=1S/C26H60N2O6Si2/c1-7-29-35(30-8-2,31-9-3)25-19-23-27-21-17-15-13-14-16-18-22-28-24-20-26-36(32-10-4,33-11-5)34-12-6/h27-28H,7-26H2,1-6H3. The van der Waals surface area contributed by atoms with Crippen LogP contribution in [0, 0.1) is 0 Å². The second-order valence-electron chi connectivity index (χ2n) is 8.79. The maximum Gasteiger partial charge on any atom is 0.500 e. The second kappa shape index (κ2) is 25.4. The third kappa shape index (κ3) is 18.4. The molecule has 2 N–H and O–H groups in total. The molecule has 0 spiro atoms. The molecule has 0 radical (unpaired) electrons. The molecule has 0 amide bonds. The lowest BCUT2D eigenvalue weighted by molar-refractivity contribution is 0.0700. The van der Waals surface area contributed by atoms with Gasteiger partial charge in [0, 0.05) is 51.7 Å². The highest BCUT2D eigenvalue weighted by atomic mass is 28.4. The molecule has 0 aliphatic carbocycles. The van der Waals surface area contributed by atoms with Gasteiger partial charge in [0.2, 0.25) is 0 Å².